The van der Waals surface area contributed by atoms with Crippen molar-refractivity contribution in [3.63, 3.8) is 0 Å². The van der Waals surface area contributed by atoms with Crippen LogP contribution in [0.25, 0.3) is 0 Å². The Labute approximate surface area is 205 Å². The van der Waals surface area contributed by atoms with E-state index in [2.05, 4.69) is 4.90 Å². The summed E-state index contributed by atoms with van der Waals surface area (Å²) < 4.78 is 27.3. The third-order valence-electron chi connectivity index (χ3n) is 4.96. The van der Waals surface area contributed by atoms with Gasteiger partial charge in [0.15, 0.2) is 5.13 Å². The molecule has 3 aromatic rings. The third-order valence-corrected chi connectivity index (χ3v) is 9.14. The molecular weight excluding hydrogens is 520 g/mol. The average Bonchev–Trinajstić information content (AvgIpc) is 3.21. The lowest BCUT2D eigenvalue weighted by Gasteiger charge is -2.33. The van der Waals surface area contributed by atoms with E-state index in [-0.39, 0.29) is 9.92 Å². The van der Waals surface area contributed by atoms with E-state index in [0.717, 1.165) is 16.4 Å². The van der Waals surface area contributed by atoms with Gasteiger partial charge >= 0.3 is 0 Å². The van der Waals surface area contributed by atoms with Crippen LogP contribution in [0, 0.1) is 0 Å². The summed E-state index contributed by atoms with van der Waals surface area (Å²) >= 11 is 25.7. The smallest absolute Gasteiger partial charge is 0.243 e. The molecule has 5 nitrogen and oxygen atoms in total. The molecule has 1 aliphatic heterocycles. The van der Waals surface area contributed by atoms with Crippen molar-refractivity contribution < 1.29 is 8.42 Å². The van der Waals surface area contributed by atoms with Gasteiger partial charge < -0.3 is 4.90 Å². The zero-order valence-electron chi connectivity index (χ0n) is 16.1. The van der Waals surface area contributed by atoms with Crippen LogP contribution in [0.2, 0.25) is 20.1 Å². The van der Waals surface area contributed by atoms with Crippen molar-refractivity contribution in [2.45, 2.75) is 11.3 Å². The Bertz CT molecular complexity index is 1210. The highest BCUT2D eigenvalue weighted by molar-refractivity contribution is 7.89. The van der Waals surface area contributed by atoms with Crippen LogP contribution in [-0.2, 0) is 16.4 Å². The number of benzene rings is 2. The lowest BCUT2D eigenvalue weighted by Crippen LogP contribution is -2.48. The van der Waals surface area contributed by atoms with Crippen LogP contribution in [0.3, 0.4) is 0 Å². The highest BCUT2D eigenvalue weighted by Gasteiger charge is 2.29. The van der Waals surface area contributed by atoms with Crippen molar-refractivity contribution in [2.24, 2.45) is 0 Å². The van der Waals surface area contributed by atoms with E-state index in [0.29, 0.717) is 47.7 Å². The Morgan fingerprint density at radius 2 is 1.65 bits per heavy atom. The first-order valence-electron chi connectivity index (χ1n) is 9.32. The number of hydrogen-bond donors (Lipinski definition) is 0. The molecule has 164 valence electrons. The summed E-state index contributed by atoms with van der Waals surface area (Å²) in [6.07, 6.45) is 0.609. The van der Waals surface area contributed by atoms with Gasteiger partial charge in [0.05, 0.1) is 20.6 Å². The number of thiazole rings is 1. The Hall–Kier alpha value is -1.06. The second kappa shape index (κ2) is 9.43. The number of piperazine rings is 1. The van der Waals surface area contributed by atoms with E-state index >= 15 is 0 Å². The van der Waals surface area contributed by atoms with Crippen molar-refractivity contribution in [3.05, 3.63) is 73.1 Å². The maximum atomic E-state index is 12.9. The number of rotatable bonds is 5. The third kappa shape index (κ3) is 5.14. The molecule has 0 bridgehead atoms. The standard InChI is InChI=1S/C20H17Cl4N3O2S2/c21-14-2-1-13(18(23)10-14)9-15-12-30-20(25-15)26-5-7-27(8-6-26)31(28,29)16-3-4-17(22)19(24)11-16/h1-4,10-12H,5-9H2. The molecule has 11 heteroatoms. The molecule has 1 saturated heterocycles. The summed E-state index contributed by atoms with van der Waals surface area (Å²) in [6, 6.07) is 9.79. The number of nitrogens with zero attached hydrogens (tertiary/aromatic N) is 3. The quantitative estimate of drug-likeness (QED) is 0.410. The molecule has 4 rings (SSSR count). The van der Waals surface area contributed by atoms with Crippen LogP contribution in [0.1, 0.15) is 11.3 Å². The molecule has 0 N–H and O–H groups in total. The fourth-order valence-corrected chi connectivity index (χ4v) is 6.46. The normalized spacial score (nSPS) is 15.4. The fourth-order valence-electron chi connectivity index (χ4n) is 3.29. The van der Waals surface area contributed by atoms with Gasteiger partial charge in [0.2, 0.25) is 10.0 Å². The van der Waals surface area contributed by atoms with Gasteiger partial charge in [-0.25, -0.2) is 13.4 Å². The molecule has 2 aromatic carbocycles. The Morgan fingerprint density at radius 3 is 2.32 bits per heavy atom. The molecule has 0 saturated carbocycles. The summed E-state index contributed by atoms with van der Waals surface area (Å²) in [5, 5.41) is 4.62. The molecular formula is C20H17Cl4N3O2S2. The van der Waals surface area contributed by atoms with Gasteiger partial charge in [-0.05, 0) is 35.9 Å². The second-order valence-corrected chi connectivity index (χ2v) is 11.4. The maximum absolute atomic E-state index is 12.9. The molecule has 0 amide bonds. The van der Waals surface area contributed by atoms with E-state index in [1.807, 2.05) is 17.5 Å². The molecule has 0 atom stereocenters. The minimum atomic E-state index is -3.63. The van der Waals surface area contributed by atoms with Crippen LogP contribution in [0.4, 0.5) is 5.13 Å². The SMILES string of the molecule is O=S(=O)(c1ccc(Cl)c(Cl)c1)N1CCN(c2nc(Cc3ccc(Cl)cc3Cl)cs2)CC1. The number of hydrogen-bond acceptors (Lipinski definition) is 5. The largest absolute Gasteiger partial charge is 0.345 e. The Morgan fingerprint density at radius 1 is 0.903 bits per heavy atom. The molecule has 1 aromatic heterocycles. The fraction of sp³-hybridized carbons (Fsp3) is 0.250. The van der Waals surface area contributed by atoms with Crippen molar-refractivity contribution in [2.75, 3.05) is 31.1 Å². The lowest BCUT2D eigenvalue weighted by atomic mass is 10.1. The van der Waals surface area contributed by atoms with Crippen LogP contribution in [0.15, 0.2) is 46.7 Å². The number of anilines is 1. The molecule has 0 radical (unpaired) electrons. The molecule has 0 spiro atoms. The van der Waals surface area contributed by atoms with Gasteiger partial charge in [-0.3, -0.25) is 0 Å². The van der Waals surface area contributed by atoms with Crippen LogP contribution in [-0.4, -0.2) is 43.9 Å². The molecule has 0 aliphatic carbocycles. The van der Waals surface area contributed by atoms with E-state index < -0.39 is 10.0 Å². The monoisotopic (exact) mass is 535 g/mol. The van der Waals surface area contributed by atoms with Crippen LogP contribution in [0.5, 0.6) is 0 Å². The van der Waals surface area contributed by atoms with Gasteiger partial charge in [0.25, 0.3) is 0 Å². The van der Waals surface area contributed by atoms with Crippen LogP contribution >= 0.6 is 57.7 Å². The van der Waals surface area contributed by atoms with Gasteiger partial charge in [-0.1, -0.05) is 52.5 Å². The Kier molecular flexibility index (Phi) is 7.03. The highest BCUT2D eigenvalue weighted by atomic mass is 35.5. The van der Waals surface area contributed by atoms with E-state index in [9.17, 15) is 8.42 Å². The van der Waals surface area contributed by atoms with E-state index in [1.165, 1.54) is 33.8 Å². The van der Waals surface area contributed by atoms with Gasteiger partial charge in [0.1, 0.15) is 0 Å². The first-order valence-corrected chi connectivity index (χ1v) is 13.2. The molecule has 31 heavy (non-hydrogen) atoms. The highest BCUT2D eigenvalue weighted by Crippen LogP contribution is 2.29. The summed E-state index contributed by atoms with van der Waals surface area (Å²) in [5.41, 5.74) is 1.87. The zero-order valence-corrected chi connectivity index (χ0v) is 20.7. The molecule has 1 aliphatic rings. The van der Waals surface area contributed by atoms with Crippen molar-refractivity contribution in [1.29, 1.82) is 0 Å². The van der Waals surface area contributed by atoms with Crippen molar-refractivity contribution >= 4 is 72.9 Å². The number of aromatic nitrogens is 1. The van der Waals surface area contributed by atoms with E-state index in [4.69, 9.17) is 51.4 Å². The average molecular weight is 537 g/mol. The zero-order chi connectivity index (χ0) is 22.2. The topological polar surface area (TPSA) is 53.5 Å². The van der Waals surface area contributed by atoms with Gasteiger partial charge in [-0.15, -0.1) is 11.3 Å². The van der Waals surface area contributed by atoms with Crippen LogP contribution < -0.4 is 4.90 Å². The number of halogens is 4. The van der Waals surface area contributed by atoms with Gasteiger partial charge in [-0.2, -0.15) is 4.31 Å². The Balaban J connectivity index is 1.41. The summed E-state index contributed by atoms with van der Waals surface area (Å²) in [6.45, 7) is 1.82. The maximum Gasteiger partial charge on any atom is 0.243 e. The van der Waals surface area contributed by atoms with E-state index in [1.54, 1.807) is 6.07 Å². The predicted molar refractivity (Wildman–Crippen MR) is 129 cm³/mol. The second-order valence-electron chi connectivity index (χ2n) is 7.00. The summed E-state index contributed by atoms with van der Waals surface area (Å²) in [4.78, 5) is 6.95. The summed E-state index contributed by atoms with van der Waals surface area (Å²) in [7, 11) is -3.63. The minimum Gasteiger partial charge on any atom is -0.345 e. The summed E-state index contributed by atoms with van der Waals surface area (Å²) in [5.74, 6) is 0. The van der Waals surface area contributed by atoms with Crippen molar-refractivity contribution in [3.8, 4) is 0 Å². The number of sulfonamides is 1. The minimum absolute atomic E-state index is 0.145. The molecule has 0 unspecified atom stereocenters. The lowest BCUT2D eigenvalue weighted by molar-refractivity contribution is 0.384. The predicted octanol–water partition coefficient (Wildman–Crippen LogP) is 5.86. The molecule has 1 fully saturated rings. The first-order chi connectivity index (χ1) is 14.7. The molecule has 2 heterocycles. The first kappa shape index (κ1) is 23.1. The van der Waals surface area contributed by atoms with Crippen molar-refractivity contribution in [1.82, 2.24) is 9.29 Å². The van der Waals surface area contributed by atoms with Gasteiger partial charge in [0, 0.05) is 48.0 Å².